The molecule has 0 atom stereocenters. The molecule has 3 nitrogen and oxygen atoms in total. The lowest BCUT2D eigenvalue weighted by Crippen LogP contribution is -3.00. The van der Waals surface area contributed by atoms with Gasteiger partial charge >= 0.3 is 0 Å². The largest absolute Gasteiger partial charge is 1.00 e. The average molecular weight is 533 g/mol. The first kappa shape index (κ1) is 23.5. The van der Waals surface area contributed by atoms with Crippen molar-refractivity contribution in [1.29, 1.82) is 0 Å². The zero-order chi connectivity index (χ0) is 19.4. The van der Waals surface area contributed by atoms with Crippen molar-refractivity contribution >= 4 is 34.8 Å². The molecule has 3 rings (SSSR count). The summed E-state index contributed by atoms with van der Waals surface area (Å²) in [5, 5.41) is 3.55. The van der Waals surface area contributed by atoms with Gasteiger partial charge in [-0.05, 0) is 49.9 Å². The van der Waals surface area contributed by atoms with Crippen molar-refractivity contribution < 1.29 is 33.3 Å². The monoisotopic (exact) mass is 532 g/mol. The lowest BCUT2D eigenvalue weighted by atomic mass is 9.92. The van der Waals surface area contributed by atoms with Crippen molar-refractivity contribution in [3.8, 4) is 0 Å². The van der Waals surface area contributed by atoms with Crippen LogP contribution in [0.15, 0.2) is 42.5 Å². The van der Waals surface area contributed by atoms with Crippen LogP contribution in [-0.2, 0) is 6.54 Å². The Kier molecular flexibility index (Phi) is 8.61. The molecule has 2 aromatic carbocycles. The van der Waals surface area contributed by atoms with E-state index < -0.39 is 0 Å². The van der Waals surface area contributed by atoms with Gasteiger partial charge in [-0.2, -0.15) is 0 Å². The van der Waals surface area contributed by atoms with Gasteiger partial charge in [0.05, 0.1) is 35.7 Å². The second-order valence-electron chi connectivity index (χ2n) is 7.98. The van der Waals surface area contributed by atoms with Crippen molar-refractivity contribution in [2.75, 3.05) is 19.4 Å². The van der Waals surface area contributed by atoms with E-state index in [9.17, 15) is 4.79 Å². The van der Waals surface area contributed by atoms with Crippen LogP contribution in [0, 0.1) is 0 Å². The molecule has 0 bridgehead atoms. The summed E-state index contributed by atoms with van der Waals surface area (Å²) >= 11 is 12.1. The highest BCUT2D eigenvalue weighted by atomic mass is 127. The van der Waals surface area contributed by atoms with E-state index in [1.165, 1.54) is 37.7 Å². The molecule has 28 heavy (non-hydrogen) atoms. The zero-order valence-corrected chi connectivity index (χ0v) is 20.0. The van der Waals surface area contributed by atoms with E-state index in [-0.39, 0.29) is 34.9 Å². The number of halogens is 3. The first-order valence-electron chi connectivity index (χ1n) is 9.54. The topological polar surface area (TPSA) is 29.1 Å². The zero-order valence-electron chi connectivity index (χ0n) is 16.4. The molecular weight excluding hydrogens is 506 g/mol. The molecule has 1 fully saturated rings. The van der Waals surface area contributed by atoms with Gasteiger partial charge in [0.25, 0.3) is 5.91 Å². The van der Waals surface area contributed by atoms with Crippen LogP contribution < -0.4 is 29.3 Å². The van der Waals surface area contributed by atoms with Gasteiger partial charge in [0.1, 0.15) is 6.54 Å². The maximum atomic E-state index is 12.5. The number of hydrogen-bond acceptors (Lipinski definition) is 1. The third-order valence-electron chi connectivity index (χ3n) is 5.56. The lowest BCUT2D eigenvalue weighted by Gasteiger charge is -2.40. The predicted octanol–water partition coefficient (Wildman–Crippen LogP) is 3.16. The van der Waals surface area contributed by atoms with E-state index in [4.69, 9.17) is 23.2 Å². The smallest absolute Gasteiger partial charge is 0.257 e. The van der Waals surface area contributed by atoms with E-state index in [0.29, 0.717) is 10.6 Å². The van der Waals surface area contributed by atoms with Crippen LogP contribution in [0.5, 0.6) is 0 Å². The first-order chi connectivity index (χ1) is 12.9. The number of carbonyl (C=O) groups is 1. The summed E-state index contributed by atoms with van der Waals surface area (Å²) in [6.07, 6.45) is 6.72. The van der Waals surface area contributed by atoms with Crippen LogP contribution in [0.4, 0.5) is 5.69 Å². The fourth-order valence-corrected chi connectivity index (χ4v) is 4.34. The first-order valence-corrected chi connectivity index (χ1v) is 10.3. The van der Waals surface area contributed by atoms with Crippen LogP contribution in [0.3, 0.4) is 0 Å². The molecule has 0 saturated heterocycles. The second kappa shape index (κ2) is 10.3. The minimum atomic E-state index is -0.256. The number of quaternary nitrogens is 1. The fourth-order valence-electron chi connectivity index (χ4n) is 3.95. The molecule has 1 saturated carbocycles. The quantitative estimate of drug-likeness (QED) is 0.465. The van der Waals surface area contributed by atoms with E-state index >= 15 is 0 Å². The fraction of sp³-hybridized carbons (Fsp3) is 0.409. The van der Waals surface area contributed by atoms with Crippen LogP contribution >= 0.6 is 23.2 Å². The Morgan fingerprint density at radius 3 is 2.32 bits per heavy atom. The van der Waals surface area contributed by atoms with Crippen molar-refractivity contribution in [3.05, 3.63) is 63.6 Å². The SMILES string of the molecule is C[N+](C)(Cc1ccc(NC(=O)c2cccc(Cl)c2Cl)cc1)C1CCCCC1.[I-]. The van der Waals surface area contributed by atoms with Gasteiger partial charge in [0.15, 0.2) is 0 Å². The van der Waals surface area contributed by atoms with Crippen molar-refractivity contribution in [3.63, 3.8) is 0 Å². The van der Waals surface area contributed by atoms with Gasteiger partial charge in [-0.25, -0.2) is 0 Å². The van der Waals surface area contributed by atoms with Crippen molar-refractivity contribution in [2.24, 2.45) is 0 Å². The normalized spacial score (nSPS) is 15.0. The molecule has 1 aliphatic carbocycles. The van der Waals surface area contributed by atoms with Crippen molar-refractivity contribution in [2.45, 2.75) is 44.7 Å². The highest BCUT2D eigenvalue weighted by Crippen LogP contribution is 2.28. The average Bonchev–Trinajstić information content (AvgIpc) is 2.66. The Bertz CT molecular complexity index is 803. The Hall–Kier alpha value is -0.820. The maximum absolute atomic E-state index is 12.5. The van der Waals surface area contributed by atoms with E-state index in [0.717, 1.165) is 22.8 Å². The number of carbonyl (C=O) groups excluding carboxylic acids is 1. The third kappa shape index (κ3) is 5.85. The molecule has 2 aromatic rings. The third-order valence-corrected chi connectivity index (χ3v) is 6.38. The highest BCUT2D eigenvalue weighted by Gasteiger charge is 2.29. The van der Waals surface area contributed by atoms with Crippen LogP contribution in [0.25, 0.3) is 0 Å². The van der Waals surface area contributed by atoms with Crippen LogP contribution in [-0.4, -0.2) is 30.5 Å². The molecule has 0 heterocycles. The van der Waals surface area contributed by atoms with Gasteiger partial charge in [-0.1, -0.05) is 47.8 Å². The Labute approximate surface area is 195 Å². The van der Waals surface area contributed by atoms with E-state index in [1.54, 1.807) is 18.2 Å². The lowest BCUT2D eigenvalue weighted by molar-refractivity contribution is -0.929. The predicted molar refractivity (Wildman–Crippen MR) is 114 cm³/mol. The second-order valence-corrected chi connectivity index (χ2v) is 8.77. The summed E-state index contributed by atoms with van der Waals surface area (Å²) in [5.41, 5.74) is 2.41. The number of rotatable bonds is 5. The molecule has 152 valence electrons. The van der Waals surface area contributed by atoms with Gasteiger partial charge in [0, 0.05) is 11.3 Å². The standard InChI is InChI=1S/C22H26Cl2N2O.HI/c1-26(2,18-7-4-3-5-8-18)15-16-11-13-17(14-12-16)25-22(27)19-9-6-10-20(23)21(19)24;/h6,9-14,18H,3-5,7-8,15H2,1-2H3;1H. The Morgan fingerprint density at radius 2 is 1.68 bits per heavy atom. The molecule has 1 aliphatic rings. The molecule has 6 heteroatoms. The highest BCUT2D eigenvalue weighted by molar-refractivity contribution is 6.44. The molecule has 0 unspecified atom stereocenters. The summed E-state index contributed by atoms with van der Waals surface area (Å²) in [5.74, 6) is -0.256. The van der Waals surface area contributed by atoms with Gasteiger partial charge in [0.2, 0.25) is 0 Å². The molecule has 1 N–H and O–H groups in total. The summed E-state index contributed by atoms with van der Waals surface area (Å²) in [6.45, 7) is 0.999. The summed E-state index contributed by atoms with van der Waals surface area (Å²) < 4.78 is 1.02. The van der Waals surface area contributed by atoms with Gasteiger partial charge < -0.3 is 33.8 Å². The molecule has 0 aliphatic heterocycles. The van der Waals surface area contributed by atoms with E-state index in [2.05, 4.69) is 31.5 Å². The number of hydrogen-bond donors (Lipinski definition) is 1. The number of amides is 1. The van der Waals surface area contributed by atoms with Crippen LogP contribution in [0.1, 0.15) is 48.0 Å². The Balaban J connectivity index is 0.00000280. The summed E-state index contributed by atoms with van der Waals surface area (Å²) in [4.78, 5) is 12.5. The summed E-state index contributed by atoms with van der Waals surface area (Å²) in [6, 6.07) is 13.9. The number of benzene rings is 2. The molecular formula is C22H27Cl2IN2O. The van der Waals surface area contributed by atoms with Gasteiger partial charge in [-0.15, -0.1) is 0 Å². The molecule has 0 spiro atoms. The minimum absolute atomic E-state index is 0. The Morgan fingerprint density at radius 1 is 1.04 bits per heavy atom. The van der Waals surface area contributed by atoms with Gasteiger partial charge in [-0.3, -0.25) is 4.79 Å². The molecule has 0 radical (unpaired) electrons. The van der Waals surface area contributed by atoms with Crippen LogP contribution in [0.2, 0.25) is 10.0 Å². The number of nitrogens with zero attached hydrogens (tertiary/aromatic N) is 1. The minimum Gasteiger partial charge on any atom is -1.00 e. The molecule has 0 aromatic heterocycles. The number of anilines is 1. The molecule has 1 amide bonds. The van der Waals surface area contributed by atoms with Crippen molar-refractivity contribution in [1.82, 2.24) is 0 Å². The maximum Gasteiger partial charge on any atom is 0.257 e. The number of nitrogens with one attached hydrogen (secondary N) is 1. The van der Waals surface area contributed by atoms with E-state index in [1.807, 2.05) is 12.1 Å². The summed E-state index contributed by atoms with van der Waals surface area (Å²) in [7, 11) is 4.65.